The Labute approximate surface area is 141 Å². The zero-order valence-electron chi connectivity index (χ0n) is 13.0. The van der Waals surface area contributed by atoms with Crippen molar-refractivity contribution in [2.24, 2.45) is 0 Å². The van der Waals surface area contributed by atoms with Gasteiger partial charge in [0.15, 0.2) is 0 Å². The Balaban J connectivity index is 1.66. The molecule has 1 amide bonds. The molecule has 23 heavy (non-hydrogen) atoms. The van der Waals surface area contributed by atoms with E-state index in [9.17, 15) is 4.79 Å². The van der Waals surface area contributed by atoms with Crippen LogP contribution in [-0.4, -0.2) is 31.7 Å². The summed E-state index contributed by atoms with van der Waals surface area (Å²) in [5.41, 5.74) is 2.45. The number of halogens is 1. The van der Waals surface area contributed by atoms with Gasteiger partial charge in [-0.25, -0.2) is 0 Å². The normalized spacial score (nSPS) is 17.8. The summed E-state index contributed by atoms with van der Waals surface area (Å²) < 4.78 is 5.56. The van der Waals surface area contributed by atoms with Crippen molar-refractivity contribution in [3.05, 3.63) is 59.1 Å². The van der Waals surface area contributed by atoms with Crippen molar-refractivity contribution in [2.45, 2.75) is 13.0 Å². The van der Waals surface area contributed by atoms with Gasteiger partial charge in [-0.05, 0) is 49.4 Å². The minimum Gasteiger partial charge on any atom is -0.375 e. The molecule has 1 heterocycles. The van der Waals surface area contributed by atoms with Crippen molar-refractivity contribution in [2.75, 3.05) is 29.9 Å². The molecular weight excluding hydrogens is 312 g/mol. The van der Waals surface area contributed by atoms with E-state index in [4.69, 9.17) is 16.3 Å². The minimum absolute atomic E-state index is 0.166. The van der Waals surface area contributed by atoms with Gasteiger partial charge in [-0.3, -0.25) is 4.79 Å². The van der Waals surface area contributed by atoms with Crippen LogP contribution in [0.15, 0.2) is 48.5 Å². The summed E-state index contributed by atoms with van der Waals surface area (Å²) in [7, 11) is 0. The van der Waals surface area contributed by atoms with E-state index in [0.717, 1.165) is 31.1 Å². The monoisotopic (exact) mass is 330 g/mol. The average Bonchev–Trinajstić information content (AvgIpc) is 2.55. The van der Waals surface area contributed by atoms with Gasteiger partial charge >= 0.3 is 0 Å². The second-order valence-electron chi connectivity index (χ2n) is 5.64. The number of benzene rings is 2. The van der Waals surface area contributed by atoms with Gasteiger partial charge in [-0.15, -0.1) is 0 Å². The van der Waals surface area contributed by atoms with E-state index < -0.39 is 0 Å². The number of amides is 1. The Morgan fingerprint density at radius 1 is 1.26 bits per heavy atom. The molecule has 1 N–H and O–H groups in total. The first kappa shape index (κ1) is 15.8. The summed E-state index contributed by atoms with van der Waals surface area (Å²) in [6, 6.07) is 14.8. The predicted octanol–water partition coefficient (Wildman–Crippen LogP) is 3.82. The molecule has 1 atom stereocenters. The number of carbonyl (C=O) groups excluding carboxylic acids is 1. The van der Waals surface area contributed by atoms with Crippen LogP contribution < -0.4 is 10.2 Å². The maximum Gasteiger partial charge on any atom is 0.255 e. The molecule has 1 fully saturated rings. The molecule has 1 saturated heterocycles. The van der Waals surface area contributed by atoms with Crippen molar-refractivity contribution >= 4 is 28.9 Å². The summed E-state index contributed by atoms with van der Waals surface area (Å²) in [4.78, 5) is 14.5. The lowest BCUT2D eigenvalue weighted by atomic mass is 10.2. The van der Waals surface area contributed by atoms with Crippen LogP contribution in [0.4, 0.5) is 11.4 Å². The van der Waals surface area contributed by atoms with E-state index in [2.05, 4.69) is 17.1 Å². The molecule has 2 aromatic carbocycles. The quantitative estimate of drug-likeness (QED) is 0.930. The average molecular weight is 331 g/mol. The van der Waals surface area contributed by atoms with Gasteiger partial charge in [0.25, 0.3) is 5.91 Å². The second kappa shape index (κ2) is 7.02. The van der Waals surface area contributed by atoms with Gasteiger partial charge in [0.2, 0.25) is 0 Å². The first-order chi connectivity index (χ1) is 11.1. The minimum atomic E-state index is -0.166. The molecule has 0 aromatic heterocycles. The van der Waals surface area contributed by atoms with Gasteiger partial charge < -0.3 is 15.0 Å². The van der Waals surface area contributed by atoms with Crippen LogP contribution in [0.25, 0.3) is 0 Å². The van der Waals surface area contributed by atoms with Gasteiger partial charge in [-0.2, -0.15) is 0 Å². The number of anilines is 2. The fourth-order valence-corrected chi connectivity index (χ4v) is 2.83. The SMILES string of the molecule is CC1CN(c2ccc(NC(=O)c3cccc(Cl)c3)cc2)CCO1. The number of morpholine rings is 1. The van der Waals surface area contributed by atoms with Crippen molar-refractivity contribution in [1.82, 2.24) is 0 Å². The maximum absolute atomic E-state index is 12.2. The topological polar surface area (TPSA) is 41.6 Å². The van der Waals surface area contributed by atoms with Gasteiger partial charge in [0.05, 0.1) is 12.7 Å². The van der Waals surface area contributed by atoms with Gasteiger partial charge in [-0.1, -0.05) is 17.7 Å². The third kappa shape index (κ3) is 4.03. The van der Waals surface area contributed by atoms with Crippen LogP contribution >= 0.6 is 11.6 Å². The Morgan fingerprint density at radius 3 is 2.74 bits per heavy atom. The molecule has 1 unspecified atom stereocenters. The number of ether oxygens (including phenoxy) is 1. The fourth-order valence-electron chi connectivity index (χ4n) is 2.64. The van der Waals surface area contributed by atoms with Crippen LogP contribution in [0, 0.1) is 0 Å². The Morgan fingerprint density at radius 2 is 2.04 bits per heavy atom. The second-order valence-corrected chi connectivity index (χ2v) is 6.08. The van der Waals surface area contributed by atoms with E-state index in [1.165, 1.54) is 0 Å². The largest absolute Gasteiger partial charge is 0.375 e. The van der Waals surface area contributed by atoms with Gasteiger partial charge in [0.1, 0.15) is 0 Å². The van der Waals surface area contributed by atoms with E-state index >= 15 is 0 Å². The zero-order chi connectivity index (χ0) is 16.2. The van der Waals surface area contributed by atoms with Crippen LogP contribution in [0.2, 0.25) is 5.02 Å². The molecule has 0 aliphatic carbocycles. The van der Waals surface area contributed by atoms with Crippen molar-refractivity contribution in [3.63, 3.8) is 0 Å². The first-order valence-corrected chi connectivity index (χ1v) is 8.03. The molecule has 1 aliphatic heterocycles. The number of rotatable bonds is 3. The first-order valence-electron chi connectivity index (χ1n) is 7.65. The zero-order valence-corrected chi connectivity index (χ0v) is 13.7. The van der Waals surface area contributed by atoms with Crippen molar-refractivity contribution in [1.29, 1.82) is 0 Å². The Kier molecular flexibility index (Phi) is 4.84. The third-order valence-electron chi connectivity index (χ3n) is 3.82. The Bertz CT molecular complexity index is 688. The number of nitrogens with one attached hydrogen (secondary N) is 1. The molecule has 4 nitrogen and oxygen atoms in total. The van der Waals surface area contributed by atoms with Crippen LogP contribution in [0.3, 0.4) is 0 Å². The summed E-state index contributed by atoms with van der Waals surface area (Å²) in [6.45, 7) is 4.59. The number of carbonyl (C=O) groups is 1. The van der Waals surface area contributed by atoms with Crippen LogP contribution in [0.1, 0.15) is 17.3 Å². The van der Waals surface area contributed by atoms with Gasteiger partial charge in [0, 0.05) is 35.1 Å². The number of hydrogen-bond donors (Lipinski definition) is 1. The molecular formula is C18H19ClN2O2. The highest BCUT2D eigenvalue weighted by atomic mass is 35.5. The van der Waals surface area contributed by atoms with Crippen molar-refractivity contribution < 1.29 is 9.53 Å². The molecule has 0 spiro atoms. The smallest absolute Gasteiger partial charge is 0.255 e. The van der Waals surface area contributed by atoms with E-state index in [1.54, 1.807) is 24.3 Å². The number of hydrogen-bond acceptors (Lipinski definition) is 3. The lowest BCUT2D eigenvalue weighted by Gasteiger charge is -2.33. The lowest BCUT2D eigenvalue weighted by molar-refractivity contribution is 0.0532. The molecule has 120 valence electrons. The molecule has 0 bridgehead atoms. The predicted molar refractivity (Wildman–Crippen MR) is 93.5 cm³/mol. The van der Waals surface area contributed by atoms with E-state index in [-0.39, 0.29) is 12.0 Å². The fraction of sp³-hybridized carbons (Fsp3) is 0.278. The molecule has 2 aromatic rings. The Hall–Kier alpha value is -2.04. The molecule has 3 rings (SSSR count). The summed E-state index contributed by atoms with van der Waals surface area (Å²) in [5, 5.41) is 3.43. The van der Waals surface area contributed by atoms with Crippen LogP contribution in [0.5, 0.6) is 0 Å². The van der Waals surface area contributed by atoms with Crippen LogP contribution in [-0.2, 0) is 4.74 Å². The lowest BCUT2D eigenvalue weighted by Crippen LogP contribution is -2.41. The standard InChI is InChI=1S/C18H19ClN2O2/c1-13-12-21(9-10-23-13)17-7-5-16(6-8-17)20-18(22)14-3-2-4-15(19)11-14/h2-8,11,13H,9-10,12H2,1H3,(H,20,22). The molecule has 1 aliphatic rings. The maximum atomic E-state index is 12.2. The molecule has 0 radical (unpaired) electrons. The highest BCUT2D eigenvalue weighted by Crippen LogP contribution is 2.21. The summed E-state index contributed by atoms with van der Waals surface area (Å²) >= 11 is 5.91. The third-order valence-corrected chi connectivity index (χ3v) is 4.05. The van der Waals surface area contributed by atoms with E-state index in [0.29, 0.717) is 10.6 Å². The molecule has 5 heteroatoms. The highest BCUT2D eigenvalue weighted by Gasteiger charge is 2.16. The van der Waals surface area contributed by atoms with E-state index in [1.807, 2.05) is 24.3 Å². The highest BCUT2D eigenvalue weighted by molar-refractivity contribution is 6.31. The van der Waals surface area contributed by atoms with Crippen molar-refractivity contribution in [3.8, 4) is 0 Å². The summed E-state index contributed by atoms with van der Waals surface area (Å²) in [6.07, 6.45) is 0.242. The summed E-state index contributed by atoms with van der Waals surface area (Å²) in [5.74, 6) is -0.166. The molecule has 0 saturated carbocycles. The number of nitrogens with zero attached hydrogens (tertiary/aromatic N) is 1.